The van der Waals surface area contributed by atoms with Gasteiger partial charge in [-0.05, 0) is 57.7 Å². The molecule has 1 aliphatic rings. The summed E-state index contributed by atoms with van der Waals surface area (Å²) < 4.78 is 40.2. The first kappa shape index (κ1) is 25.0. The van der Waals surface area contributed by atoms with Gasteiger partial charge in [-0.3, -0.25) is 9.97 Å². The van der Waals surface area contributed by atoms with Crippen LogP contribution in [0.2, 0.25) is 0 Å². The Bertz CT molecular complexity index is 1630. The summed E-state index contributed by atoms with van der Waals surface area (Å²) in [6.45, 7) is 6.19. The van der Waals surface area contributed by atoms with E-state index in [4.69, 9.17) is 9.72 Å². The van der Waals surface area contributed by atoms with Gasteiger partial charge in [-0.15, -0.1) is 16.4 Å². The summed E-state index contributed by atoms with van der Waals surface area (Å²) in [5.41, 5.74) is 3.37. The normalized spacial score (nSPS) is 16.1. The Hall–Kier alpha value is -3.28. The van der Waals surface area contributed by atoms with E-state index in [1.807, 2.05) is 24.6 Å². The first-order chi connectivity index (χ1) is 18.1. The molecule has 6 heterocycles. The number of pyridine rings is 2. The highest BCUT2D eigenvalue weighted by atomic mass is 32.1. The molecular formula is C27H28F2N6O2S. The van der Waals surface area contributed by atoms with Gasteiger partial charge >= 0.3 is 0 Å². The van der Waals surface area contributed by atoms with E-state index in [0.29, 0.717) is 34.6 Å². The largest absolute Gasteiger partial charge is 0.385 e. The van der Waals surface area contributed by atoms with E-state index < -0.39 is 23.3 Å². The van der Waals surface area contributed by atoms with Crippen LogP contribution in [-0.4, -0.2) is 47.8 Å². The standard InChI is InChI=1S/C27H28F2N6O2S/c1-14-22(34(4)33-32-14)16-11-19-21(31-12-16)25-24(20(29)26(38-25)27(2,3)36)35(19)23(15-7-9-37-10-8-15)18-6-5-17(28)13-30-18/h5-6,11-13,15,23,36H,7-10H2,1-4H3. The number of rotatable bonds is 5. The summed E-state index contributed by atoms with van der Waals surface area (Å²) in [6.07, 6.45) is 4.43. The molecule has 8 nitrogen and oxygen atoms in total. The summed E-state index contributed by atoms with van der Waals surface area (Å²) in [6, 6.07) is 4.64. The van der Waals surface area contributed by atoms with Gasteiger partial charge in [0.25, 0.3) is 0 Å². The van der Waals surface area contributed by atoms with Crippen molar-refractivity contribution in [3.8, 4) is 11.3 Å². The Labute approximate surface area is 221 Å². The number of thiophene rings is 1. The van der Waals surface area contributed by atoms with Crippen molar-refractivity contribution in [2.75, 3.05) is 13.2 Å². The molecule has 0 aliphatic carbocycles. The van der Waals surface area contributed by atoms with Crippen LogP contribution in [0.4, 0.5) is 8.78 Å². The summed E-state index contributed by atoms with van der Waals surface area (Å²) in [5, 5.41) is 19.1. The average molecular weight is 539 g/mol. The van der Waals surface area contributed by atoms with Crippen molar-refractivity contribution in [2.24, 2.45) is 13.0 Å². The van der Waals surface area contributed by atoms with Gasteiger partial charge in [-0.2, -0.15) is 0 Å². The van der Waals surface area contributed by atoms with Crippen molar-refractivity contribution >= 4 is 32.6 Å². The molecule has 5 aromatic heterocycles. The average Bonchev–Trinajstić information content (AvgIpc) is 3.52. The molecule has 0 aromatic carbocycles. The smallest absolute Gasteiger partial charge is 0.164 e. The fourth-order valence-corrected chi connectivity index (χ4v) is 6.74. The third-order valence-electron chi connectivity index (χ3n) is 7.28. The number of aliphatic hydroxyl groups is 1. The number of hydrogen-bond donors (Lipinski definition) is 1. The lowest BCUT2D eigenvalue weighted by molar-refractivity contribution is 0.0547. The van der Waals surface area contributed by atoms with Gasteiger partial charge in [0.2, 0.25) is 0 Å². The number of fused-ring (bicyclic) bond motifs is 3. The number of hydrogen-bond acceptors (Lipinski definition) is 7. The first-order valence-corrected chi connectivity index (χ1v) is 13.4. The van der Waals surface area contributed by atoms with Gasteiger partial charge in [-0.1, -0.05) is 5.21 Å². The molecule has 38 heavy (non-hydrogen) atoms. The predicted molar refractivity (Wildman–Crippen MR) is 141 cm³/mol. The van der Waals surface area contributed by atoms with Crippen LogP contribution in [0.25, 0.3) is 32.5 Å². The van der Waals surface area contributed by atoms with E-state index in [0.717, 1.165) is 35.3 Å². The molecule has 1 N–H and O–H groups in total. The number of aromatic nitrogens is 6. The van der Waals surface area contributed by atoms with Crippen molar-refractivity contribution < 1.29 is 18.6 Å². The highest BCUT2D eigenvalue weighted by Gasteiger charge is 2.35. The maximum atomic E-state index is 16.3. The molecule has 5 aromatic rings. The van der Waals surface area contributed by atoms with E-state index in [-0.39, 0.29) is 10.8 Å². The molecule has 11 heteroatoms. The molecule has 1 fully saturated rings. The van der Waals surface area contributed by atoms with Crippen molar-refractivity contribution in [3.05, 3.63) is 58.5 Å². The van der Waals surface area contributed by atoms with E-state index in [9.17, 15) is 9.50 Å². The van der Waals surface area contributed by atoms with Crippen molar-refractivity contribution in [1.82, 2.24) is 29.5 Å². The molecule has 1 aliphatic heterocycles. The van der Waals surface area contributed by atoms with Gasteiger partial charge in [-0.25, -0.2) is 13.5 Å². The Morgan fingerprint density at radius 1 is 1.16 bits per heavy atom. The zero-order chi connectivity index (χ0) is 26.8. The third kappa shape index (κ3) is 4.00. The molecule has 1 unspecified atom stereocenters. The van der Waals surface area contributed by atoms with Gasteiger partial charge in [0.1, 0.15) is 11.3 Å². The van der Waals surface area contributed by atoms with Crippen LogP contribution < -0.4 is 0 Å². The SMILES string of the molecule is Cc1nnn(C)c1-c1cnc2c3sc(C(C)(C)O)c(F)c3n(C(c3ccc(F)cn3)C3CCOCC3)c2c1. The Morgan fingerprint density at radius 3 is 2.55 bits per heavy atom. The topological polar surface area (TPSA) is 90.9 Å². The molecule has 0 amide bonds. The summed E-state index contributed by atoms with van der Waals surface area (Å²) in [5.74, 6) is -0.847. The third-order valence-corrected chi connectivity index (χ3v) is 8.75. The molecule has 1 saturated heterocycles. The lowest BCUT2D eigenvalue weighted by Crippen LogP contribution is -2.27. The number of aryl methyl sites for hydroxylation is 2. The fourth-order valence-electron chi connectivity index (χ4n) is 5.56. The Morgan fingerprint density at radius 2 is 1.92 bits per heavy atom. The monoisotopic (exact) mass is 538 g/mol. The number of ether oxygens (including phenoxy) is 1. The highest BCUT2D eigenvalue weighted by molar-refractivity contribution is 7.20. The maximum Gasteiger partial charge on any atom is 0.164 e. The van der Waals surface area contributed by atoms with Crippen LogP contribution in [0.15, 0.2) is 30.6 Å². The first-order valence-electron chi connectivity index (χ1n) is 12.6. The lowest BCUT2D eigenvalue weighted by atomic mass is 9.88. The van der Waals surface area contributed by atoms with Gasteiger partial charge < -0.3 is 14.4 Å². The zero-order valence-electron chi connectivity index (χ0n) is 21.6. The zero-order valence-corrected chi connectivity index (χ0v) is 22.4. The quantitative estimate of drug-likeness (QED) is 0.328. The Balaban J connectivity index is 1.70. The van der Waals surface area contributed by atoms with Crippen LogP contribution in [0.1, 0.15) is 49.0 Å². The second-order valence-electron chi connectivity index (χ2n) is 10.4. The molecule has 1 atom stereocenters. The van der Waals surface area contributed by atoms with Gasteiger partial charge in [0.05, 0.1) is 55.5 Å². The van der Waals surface area contributed by atoms with E-state index in [1.165, 1.54) is 23.6 Å². The van der Waals surface area contributed by atoms with Crippen LogP contribution in [0.3, 0.4) is 0 Å². The van der Waals surface area contributed by atoms with Gasteiger partial charge in [0.15, 0.2) is 5.82 Å². The molecule has 198 valence electrons. The minimum Gasteiger partial charge on any atom is -0.385 e. The number of halogens is 2. The number of nitrogens with zero attached hydrogens (tertiary/aromatic N) is 6. The minimum atomic E-state index is -1.37. The summed E-state index contributed by atoms with van der Waals surface area (Å²) >= 11 is 1.21. The van der Waals surface area contributed by atoms with Crippen molar-refractivity contribution in [3.63, 3.8) is 0 Å². The highest BCUT2D eigenvalue weighted by Crippen LogP contribution is 2.46. The molecular weight excluding hydrogens is 510 g/mol. The second kappa shape index (κ2) is 9.18. The van der Waals surface area contributed by atoms with E-state index in [1.54, 1.807) is 30.8 Å². The second-order valence-corrected chi connectivity index (χ2v) is 11.4. The van der Waals surface area contributed by atoms with Crippen LogP contribution >= 0.6 is 11.3 Å². The van der Waals surface area contributed by atoms with E-state index in [2.05, 4.69) is 15.3 Å². The summed E-state index contributed by atoms with van der Waals surface area (Å²) in [7, 11) is 1.82. The van der Waals surface area contributed by atoms with Crippen LogP contribution in [-0.2, 0) is 17.4 Å². The molecule has 0 bridgehead atoms. The minimum absolute atomic E-state index is 0.0640. The Kier molecular flexibility index (Phi) is 6.04. The predicted octanol–water partition coefficient (Wildman–Crippen LogP) is 5.27. The maximum absolute atomic E-state index is 16.3. The van der Waals surface area contributed by atoms with E-state index >= 15 is 4.39 Å². The lowest BCUT2D eigenvalue weighted by Gasteiger charge is -2.32. The van der Waals surface area contributed by atoms with Crippen molar-refractivity contribution in [1.29, 1.82) is 0 Å². The van der Waals surface area contributed by atoms with Gasteiger partial charge in [0, 0.05) is 32.0 Å². The van der Waals surface area contributed by atoms with Crippen LogP contribution in [0, 0.1) is 24.5 Å². The summed E-state index contributed by atoms with van der Waals surface area (Å²) in [4.78, 5) is 9.51. The molecule has 0 saturated carbocycles. The van der Waals surface area contributed by atoms with Crippen LogP contribution in [0.5, 0.6) is 0 Å². The molecule has 0 spiro atoms. The fraction of sp³-hybridized carbons (Fsp3) is 0.407. The van der Waals surface area contributed by atoms with Crippen molar-refractivity contribution in [2.45, 2.75) is 45.3 Å². The molecule has 6 rings (SSSR count). The molecule has 0 radical (unpaired) electrons.